The predicted molar refractivity (Wildman–Crippen MR) is 76.4 cm³/mol. The zero-order valence-corrected chi connectivity index (χ0v) is 11.8. The molecule has 0 saturated carbocycles. The van der Waals surface area contributed by atoms with E-state index in [1.54, 1.807) is 0 Å². The van der Waals surface area contributed by atoms with Gasteiger partial charge in [-0.2, -0.15) is 5.26 Å². The van der Waals surface area contributed by atoms with Crippen LogP contribution in [0.4, 0.5) is 5.13 Å². The van der Waals surface area contributed by atoms with Gasteiger partial charge in [-0.1, -0.05) is 17.4 Å². The molecule has 0 aliphatic carbocycles. The molecule has 0 aromatic carbocycles. The highest BCUT2D eigenvalue weighted by atomic mass is 32.1. The molecule has 0 aliphatic rings. The van der Waals surface area contributed by atoms with E-state index in [1.807, 2.05) is 24.4 Å². The van der Waals surface area contributed by atoms with E-state index in [1.165, 1.54) is 28.9 Å². The molecule has 98 valence electrons. The topological polar surface area (TPSA) is 77.8 Å². The van der Waals surface area contributed by atoms with Crippen molar-refractivity contribution < 1.29 is 4.79 Å². The molecule has 2 rings (SSSR count). The largest absolute Gasteiger partial charge is 0.362 e. The number of rotatable bonds is 5. The van der Waals surface area contributed by atoms with Crippen molar-refractivity contribution in [3.8, 4) is 6.07 Å². The van der Waals surface area contributed by atoms with E-state index >= 15 is 0 Å². The second kappa shape index (κ2) is 6.31. The van der Waals surface area contributed by atoms with Crippen LogP contribution in [0.2, 0.25) is 0 Å². The molecule has 2 heterocycles. The molecule has 0 radical (unpaired) electrons. The van der Waals surface area contributed by atoms with Crippen molar-refractivity contribution >= 4 is 33.7 Å². The van der Waals surface area contributed by atoms with E-state index in [9.17, 15) is 4.79 Å². The number of carbonyl (C=O) groups excluding carboxylic acids is 1. The van der Waals surface area contributed by atoms with E-state index in [-0.39, 0.29) is 5.91 Å². The number of hydrogen-bond donors (Lipinski definition) is 2. The van der Waals surface area contributed by atoms with Gasteiger partial charge in [-0.3, -0.25) is 4.79 Å². The molecular weight excluding hydrogens is 280 g/mol. The van der Waals surface area contributed by atoms with Gasteiger partial charge in [0.15, 0.2) is 11.2 Å². The Hall–Kier alpha value is -1.91. The fourth-order valence-electron chi connectivity index (χ4n) is 1.44. The maximum absolute atomic E-state index is 12.0. The maximum atomic E-state index is 12.0. The summed E-state index contributed by atoms with van der Waals surface area (Å²) >= 11 is 2.72. The summed E-state index contributed by atoms with van der Waals surface area (Å²) in [5, 5.41) is 17.4. The third-order valence-electron chi connectivity index (χ3n) is 2.29. The summed E-state index contributed by atoms with van der Waals surface area (Å²) < 4.78 is 0. The van der Waals surface area contributed by atoms with Crippen LogP contribution < -0.4 is 10.6 Å². The molecule has 5 nitrogen and oxygen atoms in total. The molecule has 2 aromatic rings. The second-order valence-electron chi connectivity index (χ2n) is 3.61. The summed E-state index contributed by atoms with van der Waals surface area (Å²) in [4.78, 5) is 17.4. The summed E-state index contributed by atoms with van der Waals surface area (Å²) in [6.07, 6.45) is 1.51. The average Bonchev–Trinajstić information content (AvgIpc) is 3.07. The Morgan fingerprint density at radius 1 is 1.63 bits per heavy atom. The van der Waals surface area contributed by atoms with Gasteiger partial charge in [0.1, 0.15) is 4.88 Å². The van der Waals surface area contributed by atoms with Crippen LogP contribution in [0.5, 0.6) is 0 Å². The minimum Gasteiger partial charge on any atom is -0.362 e. The number of amides is 1. The molecule has 0 saturated heterocycles. The van der Waals surface area contributed by atoms with Gasteiger partial charge in [0.25, 0.3) is 5.91 Å². The van der Waals surface area contributed by atoms with Crippen LogP contribution in [0.1, 0.15) is 27.5 Å². The molecule has 0 spiro atoms. The number of aromatic nitrogens is 1. The molecule has 1 atom stereocenters. The summed E-state index contributed by atoms with van der Waals surface area (Å²) in [7, 11) is 0. The molecule has 2 N–H and O–H groups in total. The Bertz CT molecular complexity index is 585. The van der Waals surface area contributed by atoms with Crippen molar-refractivity contribution in [1.29, 1.82) is 5.26 Å². The van der Waals surface area contributed by atoms with Gasteiger partial charge in [-0.05, 0) is 18.4 Å². The Kier molecular flexibility index (Phi) is 4.49. The third kappa shape index (κ3) is 3.30. The summed E-state index contributed by atoms with van der Waals surface area (Å²) in [5.74, 6) is -0.276. The first-order chi connectivity index (χ1) is 9.24. The summed E-state index contributed by atoms with van der Waals surface area (Å²) in [6.45, 7) is 2.72. The van der Waals surface area contributed by atoms with Crippen molar-refractivity contribution in [3.05, 3.63) is 33.5 Å². The number of nitrogens with one attached hydrogen (secondary N) is 2. The Morgan fingerprint density at radius 3 is 3.11 bits per heavy atom. The third-order valence-corrected chi connectivity index (χ3v) is 4.18. The number of nitrogens with zero attached hydrogens (tertiary/aromatic N) is 2. The minimum atomic E-state index is -0.614. The number of thiazole rings is 1. The van der Waals surface area contributed by atoms with E-state index < -0.39 is 6.04 Å². The first-order valence-electron chi connectivity index (χ1n) is 5.68. The van der Waals surface area contributed by atoms with E-state index in [0.29, 0.717) is 10.0 Å². The quantitative estimate of drug-likeness (QED) is 0.888. The minimum absolute atomic E-state index is 0.276. The number of carbonyl (C=O) groups is 1. The normalized spacial score (nSPS) is 11.6. The molecular formula is C12H12N4OS2. The Balaban J connectivity index is 2.05. The average molecular weight is 292 g/mol. The van der Waals surface area contributed by atoms with Crippen LogP contribution in [0.25, 0.3) is 0 Å². The zero-order chi connectivity index (χ0) is 13.7. The van der Waals surface area contributed by atoms with Gasteiger partial charge in [0.05, 0.1) is 12.3 Å². The van der Waals surface area contributed by atoms with Crippen molar-refractivity contribution in [2.45, 2.75) is 13.0 Å². The SMILES string of the molecule is CCNc1ncc(C(=O)NC(C#N)c2cccs2)s1. The molecule has 0 aliphatic heterocycles. The highest BCUT2D eigenvalue weighted by Crippen LogP contribution is 2.21. The smallest absolute Gasteiger partial charge is 0.264 e. The van der Waals surface area contributed by atoms with Crippen LogP contribution >= 0.6 is 22.7 Å². The summed E-state index contributed by atoms with van der Waals surface area (Å²) in [6, 6.07) is 5.15. The van der Waals surface area contributed by atoms with Crippen LogP contribution in [-0.2, 0) is 0 Å². The number of nitriles is 1. The van der Waals surface area contributed by atoms with E-state index in [0.717, 1.165) is 11.4 Å². The number of anilines is 1. The van der Waals surface area contributed by atoms with Crippen LogP contribution in [0.3, 0.4) is 0 Å². The van der Waals surface area contributed by atoms with Crippen LogP contribution in [0.15, 0.2) is 23.7 Å². The van der Waals surface area contributed by atoms with Gasteiger partial charge >= 0.3 is 0 Å². The molecule has 0 bridgehead atoms. The van der Waals surface area contributed by atoms with Crippen LogP contribution in [0, 0.1) is 11.3 Å². The molecule has 1 unspecified atom stereocenters. The number of hydrogen-bond acceptors (Lipinski definition) is 6. The van der Waals surface area contributed by atoms with Crippen molar-refractivity contribution in [1.82, 2.24) is 10.3 Å². The number of thiophene rings is 1. The highest BCUT2D eigenvalue weighted by Gasteiger charge is 2.17. The predicted octanol–water partition coefficient (Wildman–Crippen LogP) is 2.63. The first kappa shape index (κ1) is 13.5. The van der Waals surface area contributed by atoms with Crippen molar-refractivity contribution in [2.75, 3.05) is 11.9 Å². The zero-order valence-electron chi connectivity index (χ0n) is 10.2. The fraction of sp³-hybridized carbons (Fsp3) is 0.250. The first-order valence-corrected chi connectivity index (χ1v) is 7.37. The fourth-order valence-corrected chi connectivity index (χ4v) is 2.94. The molecule has 2 aromatic heterocycles. The van der Waals surface area contributed by atoms with Crippen molar-refractivity contribution in [2.24, 2.45) is 0 Å². The van der Waals surface area contributed by atoms with Gasteiger partial charge < -0.3 is 10.6 Å². The molecule has 19 heavy (non-hydrogen) atoms. The lowest BCUT2D eigenvalue weighted by molar-refractivity contribution is 0.0949. The van der Waals surface area contributed by atoms with Crippen molar-refractivity contribution in [3.63, 3.8) is 0 Å². The van der Waals surface area contributed by atoms with Gasteiger partial charge in [-0.25, -0.2) is 4.98 Å². The Labute approximate surface area is 118 Å². The lowest BCUT2D eigenvalue weighted by Crippen LogP contribution is -2.26. The standard InChI is InChI=1S/C12H12N4OS2/c1-2-14-12-15-7-10(19-12)11(17)16-8(6-13)9-4-3-5-18-9/h3-5,7-8H,2H2,1H3,(H,14,15)(H,16,17). The van der Waals surface area contributed by atoms with Crippen LogP contribution in [-0.4, -0.2) is 17.4 Å². The monoisotopic (exact) mass is 292 g/mol. The lowest BCUT2D eigenvalue weighted by atomic mass is 10.2. The van der Waals surface area contributed by atoms with E-state index in [4.69, 9.17) is 5.26 Å². The van der Waals surface area contributed by atoms with Gasteiger partial charge in [-0.15, -0.1) is 11.3 Å². The second-order valence-corrected chi connectivity index (χ2v) is 5.62. The Morgan fingerprint density at radius 2 is 2.47 bits per heavy atom. The van der Waals surface area contributed by atoms with Gasteiger partial charge in [0, 0.05) is 11.4 Å². The molecule has 1 amide bonds. The van der Waals surface area contributed by atoms with Gasteiger partial charge in [0.2, 0.25) is 0 Å². The lowest BCUT2D eigenvalue weighted by Gasteiger charge is -2.08. The molecule has 7 heteroatoms. The maximum Gasteiger partial charge on any atom is 0.264 e. The summed E-state index contributed by atoms with van der Waals surface area (Å²) in [5.41, 5.74) is 0. The van der Waals surface area contributed by atoms with E-state index in [2.05, 4.69) is 21.7 Å². The highest BCUT2D eigenvalue weighted by molar-refractivity contribution is 7.17. The molecule has 0 fully saturated rings.